The summed E-state index contributed by atoms with van der Waals surface area (Å²) in [7, 11) is 2.17. The second-order valence-electron chi connectivity index (χ2n) is 8.45. The summed E-state index contributed by atoms with van der Waals surface area (Å²) in [6.45, 7) is 6.06. The summed E-state index contributed by atoms with van der Waals surface area (Å²) in [6, 6.07) is 17.1. The van der Waals surface area contributed by atoms with Gasteiger partial charge in [-0.15, -0.1) is 0 Å². The zero-order valence-electron chi connectivity index (χ0n) is 16.7. The van der Waals surface area contributed by atoms with Crippen LogP contribution in [-0.2, 0) is 11.2 Å². The van der Waals surface area contributed by atoms with Crippen molar-refractivity contribution in [2.75, 3.05) is 25.1 Å². The van der Waals surface area contributed by atoms with Crippen LogP contribution in [0.2, 0.25) is 0 Å². The van der Waals surface area contributed by atoms with Gasteiger partial charge in [0.15, 0.2) is 0 Å². The number of ether oxygens (including phenoxy) is 2. The molecule has 1 aromatic heterocycles. The highest BCUT2D eigenvalue weighted by atomic mass is 16.6. The van der Waals surface area contributed by atoms with Crippen LogP contribution in [0, 0.1) is 0 Å². The first-order valence-corrected chi connectivity index (χ1v) is 10.1. The van der Waals surface area contributed by atoms with Crippen LogP contribution in [0.5, 0.6) is 5.75 Å². The second kappa shape index (κ2) is 6.49. The Morgan fingerprint density at radius 1 is 1.11 bits per heavy atom. The summed E-state index contributed by atoms with van der Waals surface area (Å²) < 4.78 is 11.6. The van der Waals surface area contributed by atoms with E-state index in [4.69, 9.17) is 14.5 Å². The Hall–Kier alpha value is -2.59. The molecule has 4 nitrogen and oxygen atoms in total. The fourth-order valence-corrected chi connectivity index (χ4v) is 4.09. The van der Waals surface area contributed by atoms with E-state index >= 15 is 0 Å². The molecule has 4 heteroatoms. The Labute approximate surface area is 166 Å². The third kappa shape index (κ3) is 3.22. The summed E-state index contributed by atoms with van der Waals surface area (Å²) in [5.74, 6) is 0.861. The number of rotatable bonds is 4. The number of pyridine rings is 1. The number of hydrogen-bond acceptors (Lipinski definition) is 4. The van der Waals surface area contributed by atoms with Gasteiger partial charge in [0.25, 0.3) is 0 Å². The van der Waals surface area contributed by atoms with E-state index in [0.717, 1.165) is 41.9 Å². The molecule has 1 unspecified atom stereocenters. The van der Waals surface area contributed by atoms with E-state index in [1.807, 2.05) is 12.1 Å². The number of aryl methyl sites for hydroxylation is 1. The van der Waals surface area contributed by atoms with Crippen LogP contribution in [0.3, 0.4) is 0 Å². The Balaban J connectivity index is 1.44. The normalized spacial score (nSPS) is 18.8. The third-order valence-electron chi connectivity index (χ3n) is 5.88. The molecular weight excluding hydrogens is 348 g/mol. The standard InChI is InChI=1S/C24H26N2O2/c1-24(2,23-15-27-23)28-19-8-10-21-17(14-19)6-9-20(25-21)16-7-11-22-18(13-16)5-4-12-26(22)3/h6-11,13-14,23H,4-5,12,15H2,1-3H3. The van der Waals surface area contributed by atoms with Gasteiger partial charge < -0.3 is 14.4 Å². The summed E-state index contributed by atoms with van der Waals surface area (Å²) in [6.07, 6.45) is 2.54. The van der Waals surface area contributed by atoms with Crippen molar-refractivity contribution in [3.63, 3.8) is 0 Å². The minimum atomic E-state index is -0.308. The predicted octanol–water partition coefficient (Wildman–Crippen LogP) is 4.84. The largest absolute Gasteiger partial charge is 0.485 e. The smallest absolute Gasteiger partial charge is 0.132 e. The van der Waals surface area contributed by atoms with Gasteiger partial charge in [0.2, 0.25) is 0 Å². The maximum atomic E-state index is 6.16. The van der Waals surface area contributed by atoms with Crippen molar-refractivity contribution in [2.24, 2.45) is 0 Å². The van der Waals surface area contributed by atoms with Gasteiger partial charge in [-0.1, -0.05) is 12.1 Å². The molecule has 0 spiro atoms. The van der Waals surface area contributed by atoms with E-state index in [-0.39, 0.29) is 11.7 Å². The molecule has 2 aliphatic heterocycles. The maximum absolute atomic E-state index is 6.16. The van der Waals surface area contributed by atoms with E-state index in [9.17, 15) is 0 Å². The first-order chi connectivity index (χ1) is 13.5. The molecule has 2 aliphatic rings. The fraction of sp³-hybridized carbons (Fsp3) is 0.375. The zero-order valence-corrected chi connectivity index (χ0v) is 16.7. The summed E-state index contributed by atoms with van der Waals surface area (Å²) in [5.41, 5.74) is 5.64. The highest BCUT2D eigenvalue weighted by Gasteiger charge is 2.41. The number of aromatic nitrogens is 1. The van der Waals surface area contributed by atoms with E-state index < -0.39 is 0 Å². The fourth-order valence-electron chi connectivity index (χ4n) is 4.09. The Morgan fingerprint density at radius 3 is 2.79 bits per heavy atom. The van der Waals surface area contributed by atoms with Gasteiger partial charge in [-0.3, -0.25) is 0 Å². The highest BCUT2D eigenvalue weighted by Crippen LogP contribution is 2.33. The molecule has 3 aromatic rings. The monoisotopic (exact) mass is 374 g/mol. The molecule has 0 aliphatic carbocycles. The first kappa shape index (κ1) is 17.5. The van der Waals surface area contributed by atoms with Crippen LogP contribution in [-0.4, -0.2) is 36.9 Å². The number of hydrogen-bond donors (Lipinski definition) is 0. The number of nitrogens with zero attached hydrogens (tertiary/aromatic N) is 2. The predicted molar refractivity (Wildman–Crippen MR) is 113 cm³/mol. The third-order valence-corrected chi connectivity index (χ3v) is 5.88. The van der Waals surface area contributed by atoms with Crippen molar-refractivity contribution >= 4 is 16.6 Å². The lowest BCUT2D eigenvalue weighted by Gasteiger charge is -2.27. The van der Waals surface area contributed by atoms with Gasteiger partial charge in [0.1, 0.15) is 17.5 Å². The van der Waals surface area contributed by atoms with E-state index in [1.54, 1.807) is 0 Å². The van der Waals surface area contributed by atoms with Gasteiger partial charge in [-0.25, -0.2) is 4.98 Å². The molecule has 0 bridgehead atoms. The second-order valence-corrected chi connectivity index (χ2v) is 8.45. The lowest BCUT2D eigenvalue weighted by atomic mass is 9.98. The summed E-state index contributed by atoms with van der Waals surface area (Å²) in [4.78, 5) is 7.24. The van der Waals surface area contributed by atoms with Crippen LogP contribution >= 0.6 is 0 Å². The minimum Gasteiger partial charge on any atom is -0.485 e. The van der Waals surface area contributed by atoms with Crippen LogP contribution in [0.15, 0.2) is 48.5 Å². The van der Waals surface area contributed by atoms with Crippen molar-refractivity contribution < 1.29 is 9.47 Å². The lowest BCUT2D eigenvalue weighted by molar-refractivity contribution is 0.0746. The van der Waals surface area contributed by atoms with Crippen LogP contribution in [0.25, 0.3) is 22.2 Å². The first-order valence-electron chi connectivity index (χ1n) is 10.1. The molecule has 5 rings (SSSR count). The lowest BCUT2D eigenvalue weighted by Crippen LogP contribution is -2.34. The van der Waals surface area contributed by atoms with Crippen LogP contribution in [0.1, 0.15) is 25.8 Å². The number of anilines is 1. The SMILES string of the molecule is CN1CCCc2cc(-c3ccc4cc(OC(C)(C)C5CO5)ccc4n3)ccc21. The maximum Gasteiger partial charge on any atom is 0.132 e. The number of fused-ring (bicyclic) bond motifs is 2. The molecule has 0 amide bonds. The van der Waals surface area contributed by atoms with Gasteiger partial charge in [-0.2, -0.15) is 0 Å². The molecule has 0 saturated carbocycles. The molecule has 0 N–H and O–H groups in total. The van der Waals surface area contributed by atoms with E-state index in [0.29, 0.717) is 0 Å². The number of epoxide rings is 1. The Kier molecular flexibility index (Phi) is 4.06. The van der Waals surface area contributed by atoms with Gasteiger partial charge in [-0.05, 0) is 68.7 Å². The molecule has 1 fully saturated rings. The van der Waals surface area contributed by atoms with Crippen molar-refractivity contribution in [3.05, 3.63) is 54.1 Å². The van der Waals surface area contributed by atoms with Gasteiger partial charge >= 0.3 is 0 Å². The van der Waals surface area contributed by atoms with Crippen molar-refractivity contribution in [1.82, 2.24) is 4.98 Å². The quantitative estimate of drug-likeness (QED) is 0.613. The van der Waals surface area contributed by atoms with Gasteiger partial charge in [0.05, 0.1) is 17.8 Å². The molecule has 2 aromatic carbocycles. The molecule has 28 heavy (non-hydrogen) atoms. The molecule has 144 valence electrons. The minimum absolute atomic E-state index is 0.187. The zero-order chi connectivity index (χ0) is 19.3. The van der Waals surface area contributed by atoms with Crippen LogP contribution in [0.4, 0.5) is 5.69 Å². The van der Waals surface area contributed by atoms with E-state index in [2.05, 4.69) is 62.2 Å². The van der Waals surface area contributed by atoms with Gasteiger partial charge in [0, 0.05) is 30.2 Å². The Morgan fingerprint density at radius 2 is 1.96 bits per heavy atom. The average Bonchev–Trinajstić information content (AvgIpc) is 3.53. The van der Waals surface area contributed by atoms with Crippen molar-refractivity contribution in [3.8, 4) is 17.0 Å². The molecular formula is C24H26N2O2. The molecule has 1 atom stereocenters. The van der Waals surface area contributed by atoms with E-state index in [1.165, 1.54) is 23.2 Å². The molecule has 0 radical (unpaired) electrons. The van der Waals surface area contributed by atoms with Crippen molar-refractivity contribution in [2.45, 2.75) is 38.4 Å². The van der Waals surface area contributed by atoms with Crippen LogP contribution < -0.4 is 9.64 Å². The Bertz CT molecular complexity index is 1040. The summed E-state index contributed by atoms with van der Waals surface area (Å²) in [5, 5.41) is 1.09. The van der Waals surface area contributed by atoms with Crippen molar-refractivity contribution in [1.29, 1.82) is 0 Å². The highest BCUT2D eigenvalue weighted by molar-refractivity contribution is 5.83. The topological polar surface area (TPSA) is 37.9 Å². The number of benzene rings is 2. The molecule has 3 heterocycles. The average molecular weight is 374 g/mol. The summed E-state index contributed by atoms with van der Waals surface area (Å²) >= 11 is 0. The molecule has 1 saturated heterocycles.